The standard InChI is InChI=1S/C9H10BrClN2O5S2/c10-8-4(11)3-7(19-8)20(17,18)13-5(9(15)16)1-2-6(12)14/h3,5,13H,1-2H2,(H2,12,14)(H,15,16). The number of carboxylic acids is 1. The summed E-state index contributed by atoms with van der Waals surface area (Å²) in [5, 5.41) is 9.15. The van der Waals surface area contributed by atoms with Gasteiger partial charge in [-0.25, -0.2) is 8.42 Å². The van der Waals surface area contributed by atoms with Crippen LogP contribution in [0.4, 0.5) is 0 Å². The molecule has 0 aliphatic carbocycles. The number of halogens is 2. The van der Waals surface area contributed by atoms with Crippen molar-refractivity contribution in [1.82, 2.24) is 4.72 Å². The van der Waals surface area contributed by atoms with Crippen LogP contribution in [0.15, 0.2) is 14.1 Å². The topological polar surface area (TPSA) is 127 Å². The molecule has 0 bridgehead atoms. The average Bonchev–Trinajstić information content (AvgIpc) is 2.65. The van der Waals surface area contributed by atoms with Gasteiger partial charge >= 0.3 is 5.97 Å². The van der Waals surface area contributed by atoms with Crippen molar-refractivity contribution in [3.63, 3.8) is 0 Å². The number of hydrogen-bond acceptors (Lipinski definition) is 5. The number of aliphatic carboxylic acids is 1. The fourth-order valence-electron chi connectivity index (χ4n) is 1.22. The molecule has 1 amide bonds. The van der Waals surface area contributed by atoms with E-state index < -0.39 is 27.9 Å². The average molecular weight is 406 g/mol. The highest BCUT2D eigenvalue weighted by Gasteiger charge is 2.27. The molecular weight excluding hydrogens is 396 g/mol. The monoisotopic (exact) mass is 404 g/mol. The SMILES string of the molecule is NC(=O)CCC(NS(=O)(=O)c1cc(Cl)c(Br)s1)C(=O)O. The maximum Gasteiger partial charge on any atom is 0.321 e. The minimum absolute atomic E-state index is 0.125. The van der Waals surface area contributed by atoms with E-state index >= 15 is 0 Å². The van der Waals surface area contributed by atoms with E-state index in [-0.39, 0.29) is 22.1 Å². The van der Waals surface area contributed by atoms with Crippen molar-refractivity contribution < 1.29 is 23.1 Å². The van der Waals surface area contributed by atoms with Crippen LogP contribution in [0.5, 0.6) is 0 Å². The summed E-state index contributed by atoms with van der Waals surface area (Å²) < 4.78 is 26.3. The number of sulfonamides is 1. The molecule has 0 aliphatic rings. The first-order valence-corrected chi connectivity index (χ1v) is 8.59. The van der Waals surface area contributed by atoms with E-state index in [9.17, 15) is 18.0 Å². The number of rotatable bonds is 7. The lowest BCUT2D eigenvalue weighted by atomic mass is 10.2. The van der Waals surface area contributed by atoms with Crippen LogP contribution in [0.3, 0.4) is 0 Å². The summed E-state index contributed by atoms with van der Waals surface area (Å²) in [6.07, 6.45) is -0.474. The fraction of sp³-hybridized carbons (Fsp3) is 0.333. The zero-order chi connectivity index (χ0) is 15.5. The maximum absolute atomic E-state index is 12.0. The Balaban J connectivity index is 2.91. The Bertz CT molecular complexity index is 611. The first kappa shape index (κ1) is 17.4. The molecule has 0 saturated carbocycles. The molecule has 20 heavy (non-hydrogen) atoms. The van der Waals surface area contributed by atoms with E-state index in [0.717, 1.165) is 11.3 Å². The number of carbonyl (C=O) groups excluding carboxylic acids is 1. The molecule has 4 N–H and O–H groups in total. The molecule has 11 heteroatoms. The zero-order valence-electron chi connectivity index (χ0n) is 9.80. The Morgan fingerprint density at radius 3 is 2.55 bits per heavy atom. The normalized spacial score (nSPS) is 13.1. The number of amides is 1. The van der Waals surface area contributed by atoms with Gasteiger partial charge in [0.25, 0.3) is 10.0 Å². The molecule has 1 atom stereocenters. The third kappa shape index (κ3) is 4.70. The van der Waals surface area contributed by atoms with E-state index in [4.69, 9.17) is 22.4 Å². The van der Waals surface area contributed by atoms with E-state index in [2.05, 4.69) is 15.9 Å². The van der Waals surface area contributed by atoms with Crippen LogP contribution < -0.4 is 10.5 Å². The predicted molar refractivity (Wildman–Crippen MR) is 77.2 cm³/mol. The third-order valence-electron chi connectivity index (χ3n) is 2.16. The van der Waals surface area contributed by atoms with Gasteiger partial charge in [-0.2, -0.15) is 4.72 Å². The molecule has 112 valence electrons. The van der Waals surface area contributed by atoms with Gasteiger partial charge in [0, 0.05) is 6.42 Å². The quantitative estimate of drug-likeness (QED) is 0.627. The molecule has 0 aromatic carbocycles. The second-order valence-electron chi connectivity index (χ2n) is 3.70. The Kier molecular flexibility index (Phi) is 5.95. The number of carbonyl (C=O) groups is 2. The van der Waals surface area contributed by atoms with Gasteiger partial charge in [-0.05, 0) is 28.4 Å². The van der Waals surface area contributed by atoms with Gasteiger partial charge in [0.05, 0.1) is 8.81 Å². The summed E-state index contributed by atoms with van der Waals surface area (Å²) in [5.41, 5.74) is 4.91. The Morgan fingerprint density at radius 1 is 1.55 bits per heavy atom. The minimum atomic E-state index is -4.03. The molecule has 1 aromatic heterocycles. The Morgan fingerprint density at radius 2 is 2.15 bits per heavy atom. The van der Waals surface area contributed by atoms with Crippen LogP contribution >= 0.6 is 38.9 Å². The predicted octanol–water partition coefficient (Wildman–Crippen LogP) is 1.16. The van der Waals surface area contributed by atoms with E-state index in [1.807, 2.05) is 4.72 Å². The molecule has 1 aromatic rings. The summed E-state index contributed by atoms with van der Waals surface area (Å²) in [4.78, 5) is 21.6. The van der Waals surface area contributed by atoms with Crippen LogP contribution in [0.1, 0.15) is 12.8 Å². The van der Waals surface area contributed by atoms with Crippen molar-refractivity contribution in [3.05, 3.63) is 14.9 Å². The highest BCUT2D eigenvalue weighted by Crippen LogP contribution is 2.34. The Hall–Kier alpha value is -0.680. The van der Waals surface area contributed by atoms with Gasteiger partial charge in [0.2, 0.25) is 5.91 Å². The Labute approximate surface area is 132 Å². The number of nitrogens with one attached hydrogen (secondary N) is 1. The zero-order valence-corrected chi connectivity index (χ0v) is 13.8. The molecule has 0 saturated heterocycles. The van der Waals surface area contributed by atoms with Crippen LogP contribution in [-0.2, 0) is 19.6 Å². The molecule has 7 nitrogen and oxygen atoms in total. The van der Waals surface area contributed by atoms with Crippen molar-refractivity contribution >= 4 is 60.8 Å². The number of nitrogens with two attached hydrogens (primary N) is 1. The van der Waals surface area contributed by atoms with Gasteiger partial charge in [0.1, 0.15) is 10.3 Å². The smallest absolute Gasteiger partial charge is 0.321 e. The summed E-state index contributed by atoms with van der Waals surface area (Å²) in [6, 6.07) is -0.238. The van der Waals surface area contributed by atoms with Crippen molar-refractivity contribution in [2.24, 2.45) is 5.73 Å². The van der Waals surface area contributed by atoms with Crippen molar-refractivity contribution in [1.29, 1.82) is 0 Å². The van der Waals surface area contributed by atoms with Gasteiger partial charge in [-0.1, -0.05) is 11.6 Å². The minimum Gasteiger partial charge on any atom is -0.480 e. The summed E-state index contributed by atoms with van der Waals surface area (Å²) in [5.74, 6) is -2.10. The van der Waals surface area contributed by atoms with E-state index in [1.165, 1.54) is 6.07 Å². The second-order valence-corrected chi connectivity index (χ2v) is 8.42. The first-order valence-electron chi connectivity index (χ1n) is 5.11. The summed E-state index contributed by atoms with van der Waals surface area (Å²) >= 11 is 9.65. The van der Waals surface area contributed by atoms with Gasteiger partial charge in [-0.15, -0.1) is 11.3 Å². The number of hydrogen-bond donors (Lipinski definition) is 3. The van der Waals surface area contributed by atoms with E-state index in [0.29, 0.717) is 3.79 Å². The van der Waals surface area contributed by atoms with Crippen LogP contribution in [-0.4, -0.2) is 31.4 Å². The fourth-order valence-corrected chi connectivity index (χ4v) is 4.86. The molecule has 0 radical (unpaired) electrons. The van der Waals surface area contributed by atoms with Crippen molar-refractivity contribution in [2.45, 2.75) is 23.1 Å². The molecule has 0 fully saturated rings. The lowest BCUT2D eigenvalue weighted by molar-refractivity contribution is -0.139. The molecule has 1 unspecified atom stereocenters. The van der Waals surface area contributed by atoms with Crippen LogP contribution in [0, 0.1) is 0 Å². The number of primary amides is 1. The lowest BCUT2D eigenvalue weighted by Crippen LogP contribution is -2.41. The molecule has 1 heterocycles. The van der Waals surface area contributed by atoms with E-state index in [1.54, 1.807) is 0 Å². The van der Waals surface area contributed by atoms with Crippen molar-refractivity contribution in [2.75, 3.05) is 0 Å². The lowest BCUT2D eigenvalue weighted by Gasteiger charge is -2.12. The summed E-state index contributed by atoms with van der Waals surface area (Å²) in [7, 11) is -4.03. The molecule has 1 rings (SSSR count). The largest absolute Gasteiger partial charge is 0.480 e. The molecule has 0 aliphatic heterocycles. The third-order valence-corrected chi connectivity index (χ3v) is 6.58. The van der Waals surface area contributed by atoms with Gasteiger partial charge in [-0.3, -0.25) is 9.59 Å². The highest BCUT2D eigenvalue weighted by molar-refractivity contribution is 9.11. The highest BCUT2D eigenvalue weighted by atomic mass is 79.9. The molecule has 0 spiro atoms. The van der Waals surface area contributed by atoms with Crippen LogP contribution in [0.25, 0.3) is 0 Å². The number of thiophene rings is 1. The first-order chi connectivity index (χ1) is 9.13. The summed E-state index contributed by atoms with van der Waals surface area (Å²) in [6.45, 7) is 0. The van der Waals surface area contributed by atoms with Crippen molar-refractivity contribution in [3.8, 4) is 0 Å². The second kappa shape index (κ2) is 6.85. The molecular formula is C9H10BrClN2O5S2. The maximum atomic E-state index is 12.0. The van der Waals surface area contributed by atoms with Gasteiger partial charge in [0.15, 0.2) is 0 Å². The number of carboxylic acid groups (broad SMARTS) is 1. The van der Waals surface area contributed by atoms with Crippen LogP contribution in [0.2, 0.25) is 5.02 Å². The van der Waals surface area contributed by atoms with Gasteiger partial charge < -0.3 is 10.8 Å².